The minimum atomic E-state index is 0.653. The van der Waals surface area contributed by atoms with Crippen LogP contribution in [-0.2, 0) is 0 Å². The highest BCUT2D eigenvalue weighted by Crippen LogP contribution is 2.44. The maximum atomic E-state index is 9.29. The molecule has 21 aromatic carbocycles. The van der Waals surface area contributed by atoms with Crippen LogP contribution in [0.2, 0.25) is 0 Å². The van der Waals surface area contributed by atoms with E-state index < -0.39 is 0 Å². The Labute approximate surface area is 791 Å². The third-order valence-corrected chi connectivity index (χ3v) is 24.9. The van der Waals surface area contributed by atoms with Gasteiger partial charge in [0.15, 0.2) is 0 Å². The summed E-state index contributed by atoms with van der Waals surface area (Å²) < 4.78 is 0. The summed E-state index contributed by atoms with van der Waals surface area (Å²) in [6.45, 7) is 0. The standard InChI is InChI=1S/C43H34N2.2C42H31N3/c1-44(39-15-9-4-10-16-39)40-25-17-37(18-26-40)38-23-31-43(32-24-38)45(41-27-19-35(20-28-41)33-11-5-2-6-12-33)42-29-21-36(22-30-42)34-13-7-3-8-14-34;1-44(40-15-7-9-31(27-40)30-43)38-22-17-34(18-23-38)35-19-24-39(25-20-35)45(42-26-21-33-12-5-6-13-36(33)29-42)41-16-8-14-37(28-41)32-10-3-2-4-11-32;1-44(38-21-14-31(30-43)15-22-38)39-23-16-34(17-24-39)35-18-25-40(26-19-35)45(42-27-20-33-10-5-6-11-36(33)29-42)41-13-7-12-37(28-41)32-8-3-2-4-9-32/h2-32H,1H3;2*2-29H,1H3. The van der Waals surface area contributed by atoms with E-state index in [9.17, 15) is 5.26 Å². The molecule has 21 aromatic rings. The first-order valence-electron chi connectivity index (χ1n) is 45.4. The molecule has 0 radical (unpaired) electrons. The number of hydrogen-bond acceptors (Lipinski definition) is 8. The van der Waals surface area contributed by atoms with Crippen LogP contribution in [0.15, 0.2) is 528 Å². The Morgan fingerprint density at radius 3 is 0.644 bits per heavy atom. The lowest BCUT2D eigenvalue weighted by atomic mass is 10.0. The van der Waals surface area contributed by atoms with Crippen LogP contribution in [0, 0.1) is 22.7 Å². The number of fused-ring (bicyclic) bond motifs is 2. The third kappa shape index (κ3) is 20.0. The van der Waals surface area contributed by atoms with Crippen molar-refractivity contribution in [1.29, 1.82) is 10.5 Å². The van der Waals surface area contributed by atoms with Gasteiger partial charge in [0, 0.05) is 106 Å². The molecule has 0 amide bonds. The Bertz CT molecular complexity index is 7560. The van der Waals surface area contributed by atoms with Gasteiger partial charge in [-0.05, 0) is 300 Å². The van der Waals surface area contributed by atoms with Crippen LogP contribution in [0.3, 0.4) is 0 Å². The number of nitrogens with zero attached hydrogens (tertiary/aromatic N) is 8. The third-order valence-electron chi connectivity index (χ3n) is 24.9. The van der Waals surface area contributed by atoms with Crippen molar-refractivity contribution in [3.05, 3.63) is 539 Å². The van der Waals surface area contributed by atoms with E-state index in [1.807, 2.05) is 68.7 Å². The fourth-order valence-electron chi connectivity index (χ4n) is 17.4. The highest BCUT2D eigenvalue weighted by atomic mass is 15.2. The summed E-state index contributed by atoms with van der Waals surface area (Å²) in [5.41, 5.74) is 34.3. The van der Waals surface area contributed by atoms with E-state index in [1.54, 1.807) is 0 Å². The van der Waals surface area contributed by atoms with Gasteiger partial charge in [0.25, 0.3) is 0 Å². The van der Waals surface area contributed by atoms with Gasteiger partial charge in [-0.1, -0.05) is 328 Å². The predicted molar refractivity (Wildman–Crippen MR) is 569 cm³/mol. The van der Waals surface area contributed by atoms with Crippen molar-refractivity contribution in [2.45, 2.75) is 0 Å². The summed E-state index contributed by atoms with van der Waals surface area (Å²) in [6, 6.07) is 190. The van der Waals surface area contributed by atoms with E-state index in [2.05, 4.69) is 522 Å². The summed E-state index contributed by atoms with van der Waals surface area (Å²) in [5.74, 6) is 0. The van der Waals surface area contributed by atoms with Crippen LogP contribution in [0.25, 0.3) is 99.4 Å². The molecule has 0 aliphatic heterocycles. The Morgan fingerprint density at radius 2 is 0.333 bits per heavy atom. The van der Waals surface area contributed by atoms with Crippen LogP contribution >= 0.6 is 0 Å². The normalized spacial score (nSPS) is 10.8. The van der Waals surface area contributed by atoms with Crippen LogP contribution in [0.4, 0.5) is 85.3 Å². The molecule has 0 spiro atoms. The molecule has 0 N–H and O–H groups in total. The molecule has 135 heavy (non-hydrogen) atoms. The molecular formula is C127H96N8. The first-order valence-corrected chi connectivity index (χ1v) is 45.4. The van der Waals surface area contributed by atoms with Gasteiger partial charge in [-0.15, -0.1) is 0 Å². The monoisotopic (exact) mass is 1730 g/mol. The molecule has 0 aliphatic rings. The Morgan fingerprint density at radius 1 is 0.133 bits per heavy atom. The van der Waals surface area contributed by atoms with Gasteiger partial charge >= 0.3 is 0 Å². The zero-order chi connectivity index (χ0) is 91.6. The number of nitriles is 2. The smallest absolute Gasteiger partial charge is 0.0992 e. The molecule has 0 unspecified atom stereocenters. The van der Waals surface area contributed by atoms with Gasteiger partial charge in [0.05, 0.1) is 23.3 Å². The van der Waals surface area contributed by atoms with Crippen molar-refractivity contribution in [2.24, 2.45) is 0 Å². The minimum absolute atomic E-state index is 0.653. The molecule has 0 saturated heterocycles. The van der Waals surface area contributed by atoms with Crippen LogP contribution in [0.5, 0.6) is 0 Å². The summed E-state index contributed by atoms with van der Waals surface area (Å²) >= 11 is 0. The number of benzene rings is 21. The lowest BCUT2D eigenvalue weighted by molar-refractivity contribution is 1.21. The maximum Gasteiger partial charge on any atom is 0.0992 e. The zero-order valence-corrected chi connectivity index (χ0v) is 75.3. The highest BCUT2D eigenvalue weighted by Gasteiger charge is 2.21. The van der Waals surface area contributed by atoms with Crippen molar-refractivity contribution in [3.63, 3.8) is 0 Å². The number of para-hydroxylation sites is 1. The van der Waals surface area contributed by atoms with Gasteiger partial charge in [-0.3, -0.25) is 0 Å². The lowest BCUT2D eigenvalue weighted by Gasteiger charge is -2.26. The molecule has 0 saturated carbocycles. The summed E-state index contributed by atoms with van der Waals surface area (Å²) in [4.78, 5) is 13.4. The molecule has 8 heteroatoms. The van der Waals surface area contributed by atoms with Gasteiger partial charge < -0.3 is 29.4 Å². The van der Waals surface area contributed by atoms with Crippen molar-refractivity contribution in [3.8, 4) is 90.0 Å². The van der Waals surface area contributed by atoms with Gasteiger partial charge in [-0.25, -0.2) is 0 Å². The fourth-order valence-corrected chi connectivity index (χ4v) is 17.4. The molecule has 0 aromatic heterocycles. The maximum absolute atomic E-state index is 9.29. The Kier molecular flexibility index (Phi) is 26.0. The average molecular weight is 1730 g/mol. The topological polar surface area (TPSA) is 67.0 Å². The van der Waals surface area contributed by atoms with E-state index in [-0.39, 0.29) is 0 Å². The van der Waals surface area contributed by atoms with Crippen LogP contribution in [0.1, 0.15) is 11.1 Å². The van der Waals surface area contributed by atoms with Crippen LogP contribution < -0.4 is 29.4 Å². The zero-order valence-electron chi connectivity index (χ0n) is 75.3. The molecular weight excluding hydrogens is 1640 g/mol. The second-order valence-corrected chi connectivity index (χ2v) is 33.3. The second-order valence-electron chi connectivity index (χ2n) is 33.3. The van der Waals surface area contributed by atoms with E-state index in [4.69, 9.17) is 5.26 Å². The molecule has 8 nitrogen and oxygen atoms in total. The number of rotatable bonds is 22. The van der Waals surface area contributed by atoms with Crippen molar-refractivity contribution in [1.82, 2.24) is 0 Å². The Hall–Kier alpha value is -18.1. The quantitative estimate of drug-likeness (QED) is 0.0665. The van der Waals surface area contributed by atoms with Crippen molar-refractivity contribution >= 4 is 107 Å². The molecule has 0 bridgehead atoms. The molecule has 0 atom stereocenters. The second kappa shape index (κ2) is 40.7. The first-order chi connectivity index (χ1) is 66.5. The fraction of sp³-hybridized carbons (Fsp3) is 0.0236. The molecule has 644 valence electrons. The van der Waals surface area contributed by atoms with E-state index in [0.29, 0.717) is 11.1 Å². The van der Waals surface area contributed by atoms with Gasteiger partial charge in [-0.2, -0.15) is 10.5 Å². The molecule has 0 fully saturated rings. The summed E-state index contributed by atoms with van der Waals surface area (Å²) in [6.07, 6.45) is 0. The first kappa shape index (κ1) is 86.3. The number of hydrogen-bond donors (Lipinski definition) is 0. The van der Waals surface area contributed by atoms with E-state index in [0.717, 1.165) is 102 Å². The summed E-state index contributed by atoms with van der Waals surface area (Å²) in [7, 11) is 6.17. The average Bonchev–Trinajstić information content (AvgIpc) is 0.790. The molecule has 0 heterocycles. The van der Waals surface area contributed by atoms with E-state index in [1.165, 1.54) is 82.9 Å². The van der Waals surface area contributed by atoms with Crippen LogP contribution in [-0.4, -0.2) is 21.1 Å². The number of anilines is 15. The molecule has 0 aliphatic carbocycles. The predicted octanol–water partition coefficient (Wildman–Crippen LogP) is 34.5. The molecule has 21 rings (SSSR count). The largest absolute Gasteiger partial charge is 0.345 e. The SMILES string of the molecule is CN(c1ccc(-c2ccc(N(c3cccc(-c4ccccc4)c3)c3ccc4ccccc4c3)cc2)cc1)c1cccc(C#N)c1.CN(c1ccc(C#N)cc1)c1ccc(-c2ccc(N(c3cccc(-c4ccccc4)c3)c3ccc4ccccc4c3)cc2)cc1.CN(c1ccccc1)c1ccc(-c2ccc(N(c3ccc(-c4ccccc4)cc3)c3ccc(-c4ccccc4)cc3)cc2)cc1. The Balaban J connectivity index is 0.000000130. The minimum Gasteiger partial charge on any atom is -0.345 e. The lowest BCUT2D eigenvalue weighted by Crippen LogP contribution is -2.10. The summed E-state index contributed by atoms with van der Waals surface area (Å²) in [5, 5.41) is 23.3. The van der Waals surface area contributed by atoms with Crippen molar-refractivity contribution < 1.29 is 0 Å². The van der Waals surface area contributed by atoms with Gasteiger partial charge in [0.1, 0.15) is 0 Å². The van der Waals surface area contributed by atoms with Crippen molar-refractivity contribution in [2.75, 3.05) is 50.5 Å². The van der Waals surface area contributed by atoms with Gasteiger partial charge in [0.2, 0.25) is 0 Å². The van der Waals surface area contributed by atoms with E-state index >= 15 is 0 Å². The highest BCUT2D eigenvalue weighted by molar-refractivity contribution is 5.93.